The fourth-order valence-electron chi connectivity index (χ4n) is 4.56. The lowest BCUT2D eigenvalue weighted by molar-refractivity contribution is 0.0948. The van der Waals surface area contributed by atoms with E-state index >= 15 is 0 Å². The number of piperidine rings is 1. The fourth-order valence-corrected chi connectivity index (χ4v) is 4.56. The minimum Gasteiger partial charge on any atom is -0.355 e. The van der Waals surface area contributed by atoms with Crippen LogP contribution in [0.15, 0.2) is 66.9 Å². The van der Waals surface area contributed by atoms with Crippen LogP contribution in [0.4, 0.5) is 5.82 Å². The molecule has 1 aromatic carbocycles. The van der Waals surface area contributed by atoms with Gasteiger partial charge in [0.2, 0.25) is 0 Å². The molecule has 0 radical (unpaired) electrons. The molecular formula is C25H25N5O. The van der Waals surface area contributed by atoms with Crippen molar-refractivity contribution in [2.75, 3.05) is 24.5 Å². The fraction of sp³-hybridized carbons (Fsp3) is 0.280. The first-order chi connectivity index (χ1) is 15.2. The first-order valence-electron chi connectivity index (χ1n) is 10.8. The van der Waals surface area contributed by atoms with E-state index in [0.717, 1.165) is 37.4 Å². The average Bonchev–Trinajstić information content (AvgIpc) is 3.18. The first kappa shape index (κ1) is 19.4. The maximum Gasteiger partial charge on any atom is 0.271 e. The van der Waals surface area contributed by atoms with Crippen LogP contribution in [0.2, 0.25) is 0 Å². The number of carbonyl (C=O) groups excluding carboxylic acids is 1. The average molecular weight is 412 g/mol. The van der Waals surface area contributed by atoms with Crippen LogP contribution in [0.25, 0.3) is 6.08 Å². The van der Waals surface area contributed by atoms with Gasteiger partial charge in [-0.1, -0.05) is 42.5 Å². The number of carbonyl (C=O) groups is 1. The summed E-state index contributed by atoms with van der Waals surface area (Å²) in [6, 6.07) is 18.1. The topological polar surface area (TPSA) is 71.0 Å². The van der Waals surface area contributed by atoms with Crippen LogP contribution in [-0.2, 0) is 11.8 Å². The molecular weight excluding hydrogens is 386 g/mol. The van der Waals surface area contributed by atoms with Gasteiger partial charge < -0.3 is 10.2 Å². The molecule has 3 heterocycles. The van der Waals surface area contributed by atoms with Gasteiger partial charge in [0.1, 0.15) is 0 Å². The van der Waals surface area contributed by atoms with Gasteiger partial charge in [-0.2, -0.15) is 0 Å². The normalized spacial score (nSPS) is 16.3. The van der Waals surface area contributed by atoms with Crippen LogP contribution < -0.4 is 10.2 Å². The van der Waals surface area contributed by atoms with Gasteiger partial charge in [-0.25, -0.2) is 0 Å². The largest absolute Gasteiger partial charge is 0.355 e. The van der Waals surface area contributed by atoms with E-state index in [0.29, 0.717) is 18.7 Å². The number of allylic oxidation sites excluding steroid dienone is 1. The number of aromatic nitrogens is 3. The van der Waals surface area contributed by atoms with Gasteiger partial charge in [0, 0.05) is 43.4 Å². The number of anilines is 1. The highest BCUT2D eigenvalue weighted by molar-refractivity contribution is 5.92. The van der Waals surface area contributed by atoms with Crippen molar-refractivity contribution in [2.45, 2.75) is 24.7 Å². The smallest absolute Gasteiger partial charge is 0.271 e. The van der Waals surface area contributed by atoms with Crippen LogP contribution in [0.1, 0.15) is 40.2 Å². The lowest BCUT2D eigenvalue weighted by Crippen LogP contribution is -2.41. The van der Waals surface area contributed by atoms with Crippen LogP contribution in [0, 0.1) is 0 Å². The SMILES string of the molecule is O=C(NCCc1ccccn1)c1ccc(N2CCC3(C=Cc4ccccc43)CC2)nn1. The number of nitrogens with one attached hydrogen (secondary N) is 1. The Morgan fingerprint density at radius 3 is 2.61 bits per heavy atom. The third-order valence-electron chi connectivity index (χ3n) is 6.33. The molecule has 156 valence electrons. The number of pyridine rings is 1. The molecule has 0 unspecified atom stereocenters. The molecule has 1 N–H and O–H groups in total. The molecule has 1 saturated heterocycles. The van der Waals surface area contributed by atoms with Gasteiger partial charge in [-0.3, -0.25) is 9.78 Å². The number of hydrogen-bond donors (Lipinski definition) is 1. The van der Waals surface area contributed by atoms with Gasteiger partial charge in [-0.15, -0.1) is 10.2 Å². The summed E-state index contributed by atoms with van der Waals surface area (Å²) in [6.45, 7) is 2.36. The lowest BCUT2D eigenvalue weighted by Gasteiger charge is -2.39. The second-order valence-corrected chi connectivity index (χ2v) is 8.17. The Morgan fingerprint density at radius 2 is 1.84 bits per heavy atom. The zero-order valence-electron chi connectivity index (χ0n) is 17.4. The predicted molar refractivity (Wildman–Crippen MR) is 121 cm³/mol. The zero-order chi connectivity index (χ0) is 21.1. The van der Waals surface area contributed by atoms with E-state index < -0.39 is 0 Å². The molecule has 1 fully saturated rings. The van der Waals surface area contributed by atoms with Crippen molar-refractivity contribution in [3.8, 4) is 0 Å². The molecule has 1 spiro atoms. The number of rotatable bonds is 5. The van der Waals surface area contributed by atoms with E-state index in [1.54, 1.807) is 12.3 Å². The second kappa shape index (κ2) is 8.30. The minimum absolute atomic E-state index is 0.147. The van der Waals surface area contributed by atoms with Gasteiger partial charge in [-0.05, 0) is 48.2 Å². The van der Waals surface area contributed by atoms with Crippen LogP contribution in [-0.4, -0.2) is 40.7 Å². The van der Waals surface area contributed by atoms with Crippen molar-refractivity contribution < 1.29 is 4.79 Å². The van der Waals surface area contributed by atoms with Crippen LogP contribution >= 0.6 is 0 Å². The van der Waals surface area contributed by atoms with Crippen molar-refractivity contribution in [1.82, 2.24) is 20.5 Å². The van der Waals surface area contributed by atoms with Crippen molar-refractivity contribution >= 4 is 17.8 Å². The van der Waals surface area contributed by atoms with Crippen LogP contribution in [0.3, 0.4) is 0 Å². The molecule has 6 nitrogen and oxygen atoms in total. The van der Waals surface area contributed by atoms with E-state index in [2.05, 4.69) is 61.8 Å². The molecule has 2 aliphatic rings. The Labute approximate surface area is 182 Å². The summed E-state index contributed by atoms with van der Waals surface area (Å²) in [5.41, 5.74) is 4.22. The second-order valence-electron chi connectivity index (χ2n) is 8.17. The van der Waals surface area contributed by atoms with Crippen molar-refractivity contribution in [2.24, 2.45) is 0 Å². The first-order valence-corrected chi connectivity index (χ1v) is 10.8. The monoisotopic (exact) mass is 411 g/mol. The van der Waals surface area contributed by atoms with E-state index in [9.17, 15) is 4.79 Å². The molecule has 0 bridgehead atoms. The molecule has 1 aliphatic carbocycles. The number of benzene rings is 1. The summed E-state index contributed by atoms with van der Waals surface area (Å²) in [7, 11) is 0. The molecule has 3 aromatic rings. The standard InChI is InChI=1S/C25H25N5O/c31-24(27-16-11-20-6-3-4-15-26-20)22-8-9-23(29-28-22)30-17-13-25(14-18-30)12-10-19-5-1-2-7-21(19)25/h1-10,12,15H,11,13-14,16-18H2,(H,27,31). The molecule has 0 saturated carbocycles. The van der Waals surface area contributed by atoms with E-state index in [-0.39, 0.29) is 11.3 Å². The third-order valence-corrected chi connectivity index (χ3v) is 6.33. The molecule has 6 heteroatoms. The number of nitrogens with zero attached hydrogens (tertiary/aromatic N) is 4. The zero-order valence-corrected chi connectivity index (χ0v) is 17.4. The molecule has 5 rings (SSSR count). The molecule has 1 amide bonds. The van der Waals surface area contributed by atoms with Gasteiger partial charge in [0.05, 0.1) is 0 Å². The highest BCUT2D eigenvalue weighted by Crippen LogP contribution is 2.43. The quantitative estimate of drug-likeness (QED) is 0.697. The number of amides is 1. The Balaban J connectivity index is 1.17. The Morgan fingerprint density at radius 1 is 1.00 bits per heavy atom. The Hall–Kier alpha value is -3.54. The summed E-state index contributed by atoms with van der Waals surface area (Å²) in [4.78, 5) is 18.9. The third kappa shape index (κ3) is 3.93. The predicted octanol–water partition coefficient (Wildman–Crippen LogP) is 3.41. The molecule has 1 aliphatic heterocycles. The molecule has 31 heavy (non-hydrogen) atoms. The summed E-state index contributed by atoms with van der Waals surface area (Å²) in [5, 5.41) is 11.4. The van der Waals surface area contributed by atoms with Gasteiger partial charge >= 0.3 is 0 Å². The van der Waals surface area contributed by atoms with Crippen molar-refractivity contribution in [1.29, 1.82) is 0 Å². The summed E-state index contributed by atoms with van der Waals surface area (Å²) >= 11 is 0. The number of fused-ring (bicyclic) bond motifs is 2. The van der Waals surface area contributed by atoms with E-state index in [1.807, 2.05) is 24.3 Å². The molecule has 2 aromatic heterocycles. The summed E-state index contributed by atoms with van der Waals surface area (Å²) in [5.74, 6) is 0.621. The maximum absolute atomic E-state index is 12.4. The Kier molecular flexibility index (Phi) is 5.20. The lowest BCUT2D eigenvalue weighted by atomic mass is 9.74. The highest BCUT2D eigenvalue weighted by atomic mass is 16.1. The van der Waals surface area contributed by atoms with E-state index in [4.69, 9.17) is 0 Å². The Bertz CT molecular complexity index is 1090. The van der Waals surface area contributed by atoms with Gasteiger partial charge in [0.15, 0.2) is 11.5 Å². The van der Waals surface area contributed by atoms with Crippen molar-refractivity contribution in [3.05, 3.63) is 89.4 Å². The summed E-state index contributed by atoms with van der Waals surface area (Å²) in [6.07, 6.45) is 9.18. The van der Waals surface area contributed by atoms with E-state index in [1.165, 1.54) is 11.1 Å². The maximum atomic E-state index is 12.4. The summed E-state index contributed by atoms with van der Waals surface area (Å²) < 4.78 is 0. The van der Waals surface area contributed by atoms with Crippen LogP contribution in [0.5, 0.6) is 0 Å². The number of hydrogen-bond acceptors (Lipinski definition) is 5. The highest BCUT2D eigenvalue weighted by Gasteiger charge is 2.38. The minimum atomic E-state index is -0.208. The molecule has 0 atom stereocenters. The van der Waals surface area contributed by atoms with Gasteiger partial charge in [0.25, 0.3) is 5.91 Å². The van der Waals surface area contributed by atoms with Crippen molar-refractivity contribution in [3.63, 3.8) is 0 Å².